The highest BCUT2D eigenvalue weighted by atomic mass is 35.5. The molecule has 1 aromatic rings. The maximum atomic E-state index is 8.68. The Morgan fingerprint density at radius 2 is 1.86 bits per heavy atom. The van der Waals surface area contributed by atoms with E-state index < -0.39 is 0 Å². The number of hydrogen-bond donors (Lipinski definition) is 2. The zero-order chi connectivity index (χ0) is 9.52. The van der Waals surface area contributed by atoms with E-state index in [4.69, 9.17) is 15.6 Å². The molecule has 0 spiro atoms. The van der Waals surface area contributed by atoms with Crippen LogP contribution in [-0.4, -0.2) is 24.9 Å². The molecular formula is C10H16ClNO2. The molecule has 1 rings (SSSR count). The third kappa shape index (κ3) is 4.46. The molecule has 0 unspecified atom stereocenters. The predicted molar refractivity (Wildman–Crippen MR) is 59.0 cm³/mol. The molecule has 14 heavy (non-hydrogen) atoms. The molecule has 0 aliphatic rings. The molecule has 0 aromatic heterocycles. The van der Waals surface area contributed by atoms with Gasteiger partial charge in [-0.2, -0.15) is 0 Å². The molecule has 0 aliphatic carbocycles. The van der Waals surface area contributed by atoms with Crippen molar-refractivity contribution in [2.45, 2.75) is 6.42 Å². The highest BCUT2D eigenvalue weighted by Crippen LogP contribution is 2.11. The van der Waals surface area contributed by atoms with Crippen molar-refractivity contribution in [3.8, 4) is 5.75 Å². The van der Waals surface area contributed by atoms with E-state index in [2.05, 4.69) is 0 Å². The molecule has 0 amide bonds. The van der Waals surface area contributed by atoms with Gasteiger partial charge in [0.05, 0.1) is 0 Å². The molecule has 3 N–H and O–H groups in total. The van der Waals surface area contributed by atoms with Crippen LogP contribution in [0.25, 0.3) is 0 Å². The Balaban J connectivity index is 0.00000169. The van der Waals surface area contributed by atoms with E-state index in [1.54, 1.807) is 0 Å². The second-order valence-electron chi connectivity index (χ2n) is 2.75. The van der Waals surface area contributed by atoms with Crippen molar-refractivity contribution in [2.75, 3.05) is 19.8 Å². The lowest BCUT2D eigenvalue weighted by Crippen LogP contribution is -2.10. The van der Waals surface area contributed by atoms with Gasteiger partial charge in [-0.3, -0.25) is 0 Å². The monoisotopic (exact) mass is 217 g/mol. The molecule has 0 saturated carbocycles. The third-order valence-corrected chi connectivity index (χ3v) is 1.71. The Hall–Kier alpha value is -0.770. The van der Waals surface area contributed by atoms with Crippen molar-refractivity contribution in [1.29, 1.82) is 0 Å². The predicted octanol–water partition coefficient (Wildman–Crippen LogP) is 0.981. The second-order valence-corrected chi connectivity index (χ2v) is 2.75. The first-order chi connectivity index (χ1) is 6.36. The SMILES string of the molecule is Cl.NCCOc1ccc(CCO)cc1. The van der Waals surface area contributed by atoms with Crippen LogP contribution in [0, 0.1) is 0 Å². The number of rotatable bonds is 5. The van der Waals surface area contributed by atoms with Crippen LogP contribution in [0.2, 0.25) is 0 Å². The summed E-state index contributed by atoms with van der Waals surface area (Å²) < 4.78 is 5.30. The van der Waals surface area contributed by atoms with Crippen molar-refractivity contribution in [3.05, 3.63) is 29.8 Å². The molecule has 0 aliphatic heterocycles. The van der Waals surface area contributed by atoms with Gasteiger partial charge in [-0.15, -0.1) is 12.4 Å². The van der Waals surface area contributed by atoms with Gasteiger partial charge in [0.2, 0.25) is 0 Å². The lowest BCUT2D eigenvalue weighted by molar-refractivity contribution is 0.299. The van der Waals surface area contributed by atoms with Gasteiger partial charge < -0.3 is 15.6 Å². The van der Waals surface area contributed by atoms with E-state index in [0.717, 1.165) is 11.3 Å². The second kappa shape index (κ2) is 7.62. The number of aliphatic hydroxyl groups excluding tert-OH is 1. The van der Waals surface area contributed by atoms with Crippen LogP contribution in [-0.2, 0) is 6.42 Å². The molecule has 0 fully saturated rings. The van der Waals surface area contributed by atoms with Crippen molar-refractivity contribution < 1.29 is 9.84 Å². The first-order valence-electron chi connectivity index (χ1n) is 4.39. The topological polar surface area (TPSA) is 55.5 Å². The van der Waals surface area contributed by atoms with E-state index >= 15 is 0 Å². The van der Waals surface area contributed by atoms with Gasteiger partial charge in [-0.25, -0.2) is 0 Å². The van der Waals surface area contributed by atoms with Gasteiger partial charge in [0.15, 0.2) is 0 Å². The Kier molecular flexibility index (Phi) is 7.20. The molecule has 0 heterocycles. The van der Waals surface area contributed by atoms with Crippen molar-refractivity contribution in [3.63, 3.8) is 0 Å². The van der Waals surface area contributed by atoms with Gasteiger partial charge in [0.25, 0.3) is 0 Å². The average molecular weight is 218 g/mol. The molecule has 4 heteroatoms. The van der Waals surface area contributed by atoms with Crippen molar-refractivity contribution in [2.24, 2.45) is 5.73 Å². The molecule has 0 atom stereocenters. The lowest BCUT2D eigenvalue weighted by atomic mass is 10.1. The van der Waals surface area contributed by atoms with Gasteiger partial charge in [0, 0.05) is 13.2 Å². The number of halogens is 1. The zero-order valence-electron chi connectivity index (χ0n) is 7.98. The summed E-state index contributed by atoms with van der Waals surface area (Å²) in [6.45, 7) is 1.25. The van der Waals surface area contributed by atoms with Crippen LogP contribution in [0.5, 0.6) is 5.75 Å². The summed E-state index contributed by atoms with van der Waals surface area (Å²) in [5.41, 5.74) is 6.41. The van der Waals surface area contributed by atoms with Crippen molar-refractivity contribution in [1.82, 2.24) is 0 Å². The van der Waals surface area contributed by atoms with E-state index in [1.165, 1.54) is 0 Å². The van der Waals surface area contributed by atoms with E-state index in [-0.39, 0.29) is 19.0 Å². The van der Waals surface area contributed by atoms with E-state index in [9.17, 15) is 0 Å². The minimum Gasteiger partial charge on any atom is -0.492 e. The fraction of sp³-hybridized carbons (Fsp3) is 0.400. The summed E-state index contributed by atoms with van der Waals surface area (Å²) in [7, 11) is 0. The van der Waals surface area contributed by atoms with Gasteiger partial charge in [-0.05, 0) is 24.1 Å². The van der Waals surface area contributed by atoms with E-state index in [0.29, 0.717) is 19.6 Å². The Labute approximate surface area is 90.3 Å². The van der Waals surface area contributed by atoms with Gasteiger partial charge in [-0.1, -0.05) is 12.1 Å². The number of ether oxygens (including phenoxy) is 1. The molecule has 0 radical (unpaired) electrons. The Morgan fingerprint density at radius 3 is 2.36 bits per heavy atom. The zero-order valence-corrected chi connectivity index (χ0v) is 8.80. The van der Waals surface area contributed by atoms with E-state index in [1.807, 2.05) is 24.3 Å². The van der Waals surface area contributed by atoms with Gasteiger partial charge in [0.1, 0.15) is 12.4 Å². The minimum atomic E-state index is 0. The average Bonchev–Trinajstić information content (AvgIpc) is 2.17. The first-order valence-corrected chi connectivity index (χ1v) is 4.39. The third-order valence-electron chi connectivity index (χ3n) is 1.71. The summed E-state index contributed by atoms with van der Waals surface area (Å²) in [5, 5.41) is 8.68. The van der Waals surface area contributed by atoms with Crippen LogP contribution in [0.1, 0.15) is 5.56 Å². The fourth-order valence-corrected chi connectivity index (χ4v) is 1.06. The highest BCUT2D eigenvalue weighted by molar-refractivity contribution is 5.85. The summed E-state index contributed by atoms with van der Waals surface area (Å²) >= 11 is 0. The van der Waals surface area contributed by atoms with Crippen LogP contribution < -0.4 is 10.5 Å². The number of benzene rings is 1. The number of nitrogens with two attached hydrogens (primary N) is 1. The normalized spacial score (nSPS) is 9.29. The fourth-order valence-electron chi connectivity index (χ4n) is 1.06. The minimum absolute atomic E-state index is 0. The number of aliphatic hydroxyl groups is 1. The molecular weight excluding hydrogens is 202 g/mol. The number of hydrogen-bond acceptors (Lipinski definition) is 3. The molecule has 1 aromatic carbocycles. The maximum absolute atomic E-state index is 8.68. The first kappa shape index (κ1) is 13.2. The molecule has 0 bridgehead atoms. The summed E-state index contributed by atoms with van der Waals surface area (Å²) in [6, 6.07) is 7.67. The van der Waals surface area contributed by atoms with Crippen LogP contribution in [0.15, 0.2) is 24.3 Å². The van der Waals surface area contributed by atoms with Crippen LogP contribution >= 0.6 is 12.4 Å². The van der Waals surface area contributed by atoms with Crippen LogP contribution in [0.3, 0.4) is 0 Å². The smallest absolute Gasteiger partial charge is 0.119 e. The highest BCUT2D eigenvalue weighted by Gasteiger charge is 1.93. The quantitative estimate of drug-likeness (QED) is 0.773. The largest absolute Gasteiger partial charge is 0.492 e. The summed E-state index contributed by atoms with van der Waals surface area (Å²) in [6.07, 6.45) is 0.692. The van der Waals surface area contributed by atoms with Crippen LogP contribution in [0.4, 0.5) is 0 Å². The molecule has 0 saturated heterocycles. The summed E-state index contributed by atoms with van der Waals surface area (Å²) in [4.78, 5) is 0. The van der Waals surface area contributed by atoms with Gasteiger partial charge >= 0.3 is 0 Å². The van der Waals surface area contributed by atoms with Crippen molar-refractivity contribution >= 4 is 12.4 Å². The standard InChI is InChI=1S/C10H15NO2.ClH/c11-6-8-13-10-3-1-9(2-4-10)5-7-12;/h1-4,12H,5-8,11H2;1H. The maximum Gasteiger partial charge on any atom is 0.119 e. The lowest BCUT2D eigenvalue weighted by Gasteiger charge is -2.04. The Morgan fingerprint density at radius 1 is 1.21 bits per heavy atom. The molecule has 80 valence electrons. The Bertz CT molecular complexity index is 238. The summed E-state index contributed by atoms with van der Waals surface area (Å²) in [5.74, 6) is 0.826. The molecule has 3 nitrogen and oxygen atoms in total.